The van der Waals surface area contributed by atoms with Crippen molar-refractivity contribution in [1.29, 1.82) is 0 Å². The maximum absolute atomic E-state index is 13.9. The summed E-state index contributed by atoms with van der Waals surface area (Å²) in [5.41, 5.74) is 3.62. The minimum absolute atomic E-state index is 0.106. The molecule has 3 N–H and O–H groups in total. The number of carbonyl (C=O) groups is 1. The number of hydrogen-bond donors (Lipinski definition) is 3. The third-order valence-electron chi connectivity index (χ3n) is 8.02. The van der Waals surface area contributed by atoms with Crippen LogP contribution in [-0.4, -0.2) is 73.2 Å². The first kappa shape index (κ1) is 26.9. The number of aliphatic imine (C=N–C) groups is 1. The second-order valence-electron chi connectivity index (χ2n) is 11.0. The number of benzene rings is 1. The van der Waals surface area contributed by atoms with Crippen LogP contribution in [0.4, 0.5) is 17.3 Å². The van der Waals surface area contributed by atoms with Gasteiger partial charge in [0.1, 0.15) is 12.2 Å². The summed E-state index contributed by atoms with van der Waals surface area (Å²) in [5, 5.41) is 10.8. The SMILES string of the molecule is O=C(Cn1c(=O)c(-c2cnc(C3=NC=CC3)nc2)cc2cnc(Nc3ccc(NC4CCNC4)cc3)nc21)N1CCCC1. The third-order valence-corrected chi connectivity index (χ3v) is 8.02. The smallest absolute Gasteiger partial charge is 0.260 e. The second kappa shape index (κ2) is 11.7. The molecular weight excluding hydrogens is 544 g/mol. The quantitative estimate of drug-likeness (QED) is 0.288. The predicted octanol–water partition coefficient (Wildman–Crippen LogP) is 3.09. The van der Waals surface area contributed by atoms with E-state index in [1.807, 2.05) is 30.3 Å². The summed E-state index contributed by atoms with van der Waals surface area (Å²) in [5.74, 6) is 0.754. The van der Waals surface area contributed by atoms with Gasteiger partial charge in [-0.25, -0.2) is 15.0 Å². The van der Waals surface area contributed by atoms with Gasteiger partial charge in [-0.1, -0.05) is 6.08 Å². The van der Waals surface area contributed by atoms with Gasteiger partial charge in [0.15, 0.2) is 5.82 Å². The van der Waals surface area contributed by atoms with Gasteiger partial charge in [0, 0.05) is 79.2 Å². The van der Waals surface area contributed by atoms with Crippen molar-refractivity contribution in [2.75, 3.05) is 36.8 Å². The zero-order chi connectivity index (χ0) is 29.2. The molecule has 0 spiro atoms. The van der Waals surface area contributed by atoms with Crippen molar-refractivity contribution in [1.82, 2.24) is 34.7 Å². The van der Waals surface area contributed by atoms with Crippen molar-refractivity contribution in [3.8, 4) is 11.1 Å². The van der Waals surface area contributed by atoms with Crippen molar-refractivity contribution in [2.45, 2.75) is 38.3 Å². The Labute approximate surface area is 248 Å². The Morgan fingerprint density at radius 2 is 1.81 bits per heavy atom. The van der Waals surface area contributed by atoms with Crippen molar-refractivity contribution in [3.63, 3.8) is 0 Å². The molecule has 3 aliphatic rings. The van der Waals surface area contributed by atoms with Crippen LogP contribution < -0.4 is 21.5 Å². The van der Waals surface area contributed by atoms with Crippen LogP contribution in [-0.2, 0) is 11.3 Å². The number of likely N-dealkylation sites (tertiary alicyclic amines) is 1. The van der Waals surface area contributed by atoms with Crippen molar-refractivity contribution >= 4 is 40.0 Å². The highest BCUT2D eigenvalue weighted by Crippen LogP contribution is 2.23. The molecule has 0 saturated carbocycles. The molecule has 43 heavy (non-hydrogen) atoms. The first-order valence-corrected chi connectivity index (χ1v) is 14.7. The number of amides is 1. The van der Waals surface area contributed by atoms with Crippen LogP contribution in [0, 0.1) is 0 Å². The highest BCUT2D eigenvalue weighted by atomic mass is 16.2. The van der Waals surface area contributed by atoms with Crippen LogP contribution in [0.3, 0.4) is 0 Å². The average Bonchev–Trinajstić information content (AvgIpc) is 3.84. The Hall–Kier alpha value is -4.97. The number of nitrogens with one attached hydrogen (secondary N) is 3. The molecule has 6 heterocycles. The maximum Gasteiger partial charge on any atom is 0.260 e. The van der Waals surface area contributed by atoms with E-state index in [0.29, 0.717) is 59.5 Å². The van der Waals surface area contributed by atoms with Crippen LogP contribution in [0.25, 0.3) is 22.2 Å². The second-order valence-corrected chi connectivity index (χ2v) is 11.0. The maximum atomic E-state index is 13.9. The van der Waals surface area contributed by atoms with Gasteiger partial charge in [-0.2, -0.15) is 4.98 Å². The van der Waals surface area contributed by atoms with Crippen molar-refractivity contribution in [3.05, 3.63) is 77.4 Å². The van der Waals surface area contributed by atoms with Gasteiger partial charge in [-0.15, -0.1) is 0 Å². The number of pyridine rings is 1. The van der Waals surface area contributed by atoms with Gasteiger partial charge >= 0.3 is 0 Å². The number of allylic oxidation sites excluding steroid dienone is 1. The van der Waals surface area contributed by atoms with E-state index in [4.69, 9.17) is 4.98 Å². The Balaban J connectivity index is 1.20. The highest BCUT2D eigenvalue weighted by molar-refractivity contribution is 6.00. The van der Waals surface area contributed by atoms with E-state index in [0.717, 1.165) is 49.4 Å². The first-order chi connectivity index (χ1) is 21.1. The highest BCUT2D eigenvalue weighted by Gasteiger charge is 2.22. The fourth-order valence-corrected chi connectivity index (χ4v) is 5.69. The summed E-state index contributed by atoms with van der Waals surface area (Å²) >= 11 is 0. The Morgan fingerprint density at radius 1 is 1.02 bits per heavy atom. The lowest BCUT2D eigenvalue weighted by molar-refractivity contribution is -0.130. The summed E-state index contributed by atoms with van der Waals surface area (Å²) in [6.07, 6.45) is 12.3. The topological polar surface area (TPSA) is 142 Å². The third kappa shape index (κ3) is 5.73. The Morgan fingerprint density at radius 3 is 2.53 bits per heavy atom. The first-order valence-electron chi connectivity index (χ1n) is 14.7. The van der Waals surface area contributed by atoms with Gasteiger partial charge in [0.25, 0.3) is 5.56 Å². The molecule has 4 aromatic rings. The van der Waals surface area contributed by atoms with Gasteiger partial charge in [0.05, 0.1) is 11.3 Å². The van der Waals surface area contributed by atoms with Gasteiger partial charge in [0.2, 0.25) is 11.9 Å². The lowest BCUT2D eigenvalue weighted by atomic mass is 10.1. The fourth-order valence-electron chi connectivity index (χ4n) is 5.69. The molecule has 1 aromatic carbocycles. The summed E-state index contributed by atoms with van der Waals surface area (Å²) < 4.78 is 1.44. The zero-order valence-corrected chi connectivity index (χ0v) is 23.7. The molecule has 12 nitrogen and oxygen atoms in total. The summed E-state index contributed by atoms with van der Waals surface area (Å²) in [6.45, 7) is 3.27. The number of aromatic nitrogens is 5. The monoisotopic (exact) mass is 576 g/mol. The number of carbonyl (C=O) groups excluding carboxylic acids is 1. The number of rotatable bonds is 8. The van der Waals surface area contributed by atoms with Crippen LogP contribution in [0.1, 0.15) is 31.5 Å². The Bertz CT molecular complexity index is 1770. The average molecular weight is 577 g/mol. The Kier molecular flexibility index (Phi) is 7.33. The number of nitrogens with zero attached hydrogens (tertiary/aromatic N) is 7. The molecule has 7 rings (SSSR count). The van der Waals surface area contributed by atoms with E-state index in [9.17, 15) is 9.59 Å². The van der Waals surface area contributed by atoms with E-state index in [2.05, 4.69) is 35.9 Å². The standard InChI is InChI=1S/C31H32N10O2/c42-27(40-12-1-2-13-40)19-41-29-20(14-25(30(41)43)21-16-34-28(35-17-21)26-4-3-10-33-26)15-36-31(39-29)38-23-7-5-22(6-8-23)37-24-9-11-32-18-24/h3,5-8,10,14-17,24,32,37H,1-2,4,9,11-13,18-19H2,(H,36,38,39). The molecule has 2 fully saturated rings. The number of fused-ring (bicyclic) bond motifs is 1. The molecule has 1 atom stereocenters. The summed E-state index contributed by atoms with van der Waals surface area (Å²) in [7, 11) is 0. The largest absolute Gasteiger partial charge is 0.381 e. The molecule has 1 amide bonds. The van der Waals surface area contributed by atoms with E-state index < -0.39 is 0 Å². The zero-order valence-electron chi connectivity index (χ0n) is 23.7. The van der Waals surface area contributed by atoms with Crippen LogP contribution in [0.15, 0.2) is 71.0 Å². The molecule has 2 saturated heterocycles. The molecule has 1 unspecified atom stereocenters. The summed E-state index contributed by atoms with van der Waals surface area (Å²) in [4.78, 5) is 51.4. The molecule has 0 aliphatic carbocycles. The molecule has 0 bridgehead atoms. The van der Waals surface area contributed by atoms with Gasteiger partial charge in [-0.05, 0) is 56.1 Å². The van der Waals surface area contributed by atoms with Gasteiger partial charge in [-0.3, -0.25) is 19.1 Å². The van der Waals surface area contributed by atoms with E-state index in [-0.39, 0.29) is 18.0 Å². The fraction of sp³-hybridized carbons (Fsp3) is 0.323. The molecular formula is C31H32N10O2. The number of anilines is 3. The minimum Gasteiger partial charge on any atom is -0.381 e. The molecule has 3 aromatic heterocycles. The van der Waals surface area contributed by atoms with Gasteiger partial charge < -0.3 is 20.9 Å². The van der Waals surface area contributed by atoms with Crippen LogP contribution in [0.5, 0.6) is 0 Å². The summed E-state index contributed by atoms with van der Waals surface area (Å²) in [6, 6.07) is 10.1. The predicted molar refractivity (Wildman–Crippen MR) is 166 cm³/mol. The lowest BCUT2D eigenvalue weighted by Gasteiger charge is -2.18. The minimum atomic E-state index is -0.335. The van der Waals surface area contributed by atoms with Crippen molar-refractivity contribution < 1.29 is 4.79 Å². The van der Waals surface area contributed by atoms with Crippen LogP contribution >= 0.6 is 0 Å². The lowest BCUT2D eigenvalue weighted by Crippen LogP contribution is -2.35. The van der Waals surface area contributed by atoms with Crippen molar-refractivity contribution in [2.24, 2.45) is 4.99 Å². The van der Waals surface area contributed by atoms with E-state index >= 15 is 0 Å². The normalized spacial score (nSPS) is 17.9. The molecule has 3 aliphatic heterocycles. The molecule has 218 valence electrons. The molecule has 0 radical (unpaired) electrons. The van der Waals surface area contributed by atoms with Crippen LogP contribution in [0.2, 0.25) is 0 Å². The molecule has 12 heteroatoms. The van der Waals surface area contributed by atoms with E-state index in [1.165, 1.54) is 4.57 Å². The van der Waals surface area contributed by atoms with E-state index in [1.54, 1.807) is 35.8 Å². The number of hydrogen-bond acceptors (Lipinski definition) is 10.